The molecule has 1 amide bonds. The molecule has 0 aliphatic heterocycles. The van der Waals surface area contributed by atoms with Crippen LogP contribution in [0.25, 0.3) is 0 Å². The number of hydrazine groups is 2. The molecule has 0 saturated heterocycles. The molecule has 21 heavy (non-hydrogen) atoms. The first kappa shape index (κ1) is 21.0. The summed E-state index contributed by atoms with van der Waals surface area (Å²) in [6.45, 7) is 7.86. The third-order valence-corrected chi connectivity index (χ3v) is 6.89. The SMILES string of the molecule is CCNCC(C)(C)SSCCC(C(=O)NNN)S(=O)(=O)O. The van der Waals surface area contributed by atoms with E-state index in [9.17, 15) is 13.2 Å². The van der Waals surface area contributed by atoms with Crippen molar-refractivity contribution in [2.45, 2.75) is 37.2 Å². The van der Waals surface area contributed by atoms with Gasteiger partial charge in [0.15, 0.2) is 5.25 Å². The van der Waals surface area contributed by atoms with Crippen molar-refractivity contribution >= 4 is 37.6 Å². The molecule has 0 heterocycles. The lowest BCUT2D eigenvalue weighted by Gasteiger charge is -2.23. The van der Waals surface area contributed by atoms with Crippen LogP contribution in [0.2, 0.25) is 0 Å². The molecule has 0 spiro atoms. The van der Waals surface area contributed by atoms with Crippen LogP contribution in [0.5, 0.6) is 0 Å². The van der Waals surface area contributed by atoms with Crippen LogP contribution in [-0.2, 0) is 14.9 Å². The monoisotopic (exact) mass is 360 g/mol. The van der Waals surface area contributed by atoms with E-state index in [4.69, 9.17) is 10.4 Å². The van der Waals surface area contributed by atoms with Crippen molar-refractivity contribution in [1.29, 1.82) is 0 Å². The fourth-order valence-corrected chi connectivity index (χ4v) is 4.84. The molecule has 0 aliphatic rings. The third-order valence-electron chi connectivity index (χ3n) is 2.40. The molecule has 0 rings (SSSR count). The zero-order valence-electron chi connectivity index (χ0n) is 12.4. The first-order chi connectivity index (χ1) is 9.64. The smallest absolute Gasteiger partial charge is 0.277 e. The van der Waals surface area contributed by atoms with Crippen LogP contribution in [0.1, 0.15) is 27.2 Å². The van der Waals surface area contributed by atoms with E-state index in [0.717, 1.165) is 13.1 Å². The molecule has 8 nitrogen and oxygen atoms in total. The molecule has 0 radical (unpaired) electrons. The lowest BCUT2D eigenvalue weighted by atomic mass is 10.2. The predicted molar refractivity (Wildman–Crippen MR) is 88.1 cm³/mol. The first-order valence-electron chi connectivity index (χ1n) is 6.37. The maximum absolute atomic E-state index is 11.5. The van der Waals surface area contributed by atoms with Gasteiger partial charge in [-0.15, -0.1) is 0 Å². The van der Waals surface area contributed by atoms with Gasteiger partial charge in [0, 0.05) is 17.0 Å². The van der Waals surface area contributed by atoms with Gasteiger partial charge in [-0.3, -0.25) is 20.6 Å². The minimum absolute atomic E-state index is 0.00129. The van der Waals surface area contributed by atoms with Gasteiger partial charge in [-0.2, -0.15) is 14.0 Å². The molecule has 0 aliphatic carbocycles. The van der Waals surface area contributed by atoms with E-state index < -0.39 is 21.3 Å². The fourth-order valence-electron chi connectivity index (χ4n) is 1.38. The van der Waals surface area contributed by atoms with Gasteiger partial charge in [-0.25, -0.2) is 0 Å². The number of amides is 1. The van der Waals surface area contributed by atoms with Crippen molar-refractivity contribution < 1.29 is 17.8 Å². The van der Waals surface area contributed by atoms with Gasteiger partial charge in [0.2, 0.25) is 0 Å². The van der Waals surface area contributed by atoms with Gasteiger partial charge in [0.1, 0.15) is 0 Å². The van der Waals surface area contributed by atoms with E-state index in [1.165, 1.54) is 10.8 Å². The van der Waals surface area contributed by atoms with Crippen molar-refractivity contribution in [2.75, 3.05) is 18.8 Å². The van der Waals surface area contributed by atoms with E-state index in [1.807, 2.05) is 17.9 Å². The summed E-state index contributed by atoms with van der Waals surface area (Å²) in [5.74, 6) is 4.42. The summed E-state index contributed by atoms with van der Waals surface area (Å²) >= 11 is 0. The van der Waals surface area contributed by atoms with E-state index in [1.54, 1.807) is 10.8 Å². The molecule has 126 valence electrons. The maximum Gasteiger partial charge on any atom is 0.277 e. The highest BCUT2D eigenvalue weighted by Crippen LogP contribution is 2.35. The number of nitrogens with two attached hydrogens (primary N) is 1. The van der Waals surface area contributed by atoms with Gasteiger partial charge in [0.25, 0.3) is 16.0 Å². The van der Waals surface area contributed by atoms with Gasteiger partial charge in [-0.1, -0.05) is 28.5 Å². The second kappa shape index (κ2) is 9.87. The minimum atomic E-state index is -4.46. The summed E-state index contributed by atoms with van der Waals surface area (Å²) in [5.41, 5.74) is 3.82. The summed E-state index contributed by atoms with van der Waals surface area (Å²) in [6, 6.07) is 0. The Balaban J connectivity index is 4.30. The van der Waals surface area contributed by atoms with Crippen LogP contribution in [0.3, 0.4) is 0 Å². The Hall–Kier alpha value is -0.0400. The Labute approximate surface area is 133 Å². The molecular weight excluding hydrogens is 336 g/mol. The Bertz CT molecular complexity index is 417. The molecule has 0 saturated carbocycles. The Kier molecular flexibility index (Phi) is 9.85. The molecule has 0 aromatic rings. The summed E-state index contributed by atoms with van der Waals surface area (Å²) < 4.78 is 31.4. The number of nitrogens with one attached hydrogen (secondary N) is 3. The van der Waals surface area contributed by atoms with Crippen LogP contribution in [0.4, 0.5) is 0 Å². The fraction of sp³-hybridized carbons (Fsp3) is 0.900. The highest BCUT2D eigenvalue weighted by molar-refractivity contribution is 8.77. The molecule has 1 unspecified atom stereocenters. The Morgan fingerprint density at radius 1 is 1.43 bits per heavy atom. The largest absolute Gasteiger partial charge is 0.316 e. The third kappa shape index (κ3) is 9.55. The summed E-state index contributed by atoms with van der Waals surface area (Å²) in [6.07, 6.45) is 0.00129. The van der Waals surface area contributed by atoms with E-state index in [0.29, 0.717) is 5.75 Å². The van der Waals surface area contributed by atoms with Crippen LogP contribution >= 0.6 is 21.6 Å². The normalized spacial score (nSPS) is 14.0. The number of hydrogen-bond acceptors (Lipinski definition) is 8. The van der Waals surface area contributed by atoms with Crippen molar-refractivity contribution in [3.8, 4) is 0 Å². The highest BCUT2D eigenvalue weighted by Gasteiger charge is 2.30. The number of carbonyl (C=O) groups is 1. The van der Waals surface area contributed by atoms with Crippen molar-refractivity contribution in [3.63, 3.8) is 0 Å². The average molecular weight is 361 g/mol. The van der Waals surface area contributed by atoms with Crippen molar-refractivity contribution in [3.05, 3.63) is 0 Å². The van der Waals surface area contributed by atoms with Gasteiger partial charge < -0.3 is 5.32 Å². The molecular formula is C10H24N4O4S3. The van der Waals surface area contributed by atoms with Crippen molar-refractivity contribution in [2.24, 2.45) is 5.84 Å². The quantitative estimate of drug-likeness (QED) is 0.112. The lowest BCUT2D eigenvalue weighted by molar-refractivity contribution is -0.121. The highest BCUT2D eigenvalue weighted by atomic mass is 33.1. The van der Waals surface area contributed by atoms with Gasteiger partial charge in [-0.05, 0) is 26.8 Å². The standard InChI is InChI=1S/C10H24N4O4S3/c1-4-12-7-10(2,3)20-19-6-5-8(21(16,17)18)9(15)13-14-11/h8,12,14H,4-7,11H2,1-3H3,(H,13,15)(H,16,17,18). The molecule has 0 fully saturated rings. The van der Waals surface area contributed by atoms with Crippen LogP contribution in [0, 0.1) is 0 Å². The second-order valence-electron chi connectivity index (χ2n) is 4.87. The molecule has 11 heteroatoms. The summed E-state index contributed by atoms with van der Waals surface area (Å²) in [4.78, 5) is 11.5. The zero-order valence-corrected chi connectivity index (χ0v) is 14.8. The van der Waals surface area contributed by atoms with E-state index in [2.05, 4.69) is 19.2 Å². The molecule has 0 aromatic heterocycles. The number of rotatable bonds is 11. The molecule has 1 atom stereocenters. The van der Waals surface area contributed by atoms with E-state index >= 15 is 0 Å². The second-order valence-corrected chi connectivity index (χ2v) is 9.59. The van der Waals surface area contributed by atoms with Crippen LogP contribution in [-0.4, -0.2) is 47.7 Å². The maximum atomic E-state index is 11.5. The van der Waals surface area contributed by atoms with Crippen LogP contribution in [0.15, 0.2) is 0 Å². The molecule has 0 bridgehead atoms. The van der Waals surface area contributed by atoms with Gasteiger partial charge in [0.05, 0.1) is 0 Å². The summed E-state index contributed by atoms with van der Waals surface area (Å²) in [5, 5.41) is 1.71. The zero-order chi connectivity index (χ0) is 16.5. The Morgan fingerprint density at radius 2 is 2.05 bits per heavy atom. The first-order valence-corrected chi connectivity index (χ1v) is 10.2. The predicted octanol–water partition coefficient (Wildman–Crippen LogP) is -0.103. The topological polar surface area (TPSA) is 134 Å². The van der Waals surface area contributed by atoms with Crippen molar-refractivity contribution in [1.82, 2.24) is 16.3 Å². The van der Waals surface area contributed by atoms with Gasteiger partial charge >= 0.3 is 0 Å². The molecule has 0 aromatic carbocycles. The number of carbonyl (C=O) groups excluding carboxylic acids is 1. The lowest BCUT2D eigenvalue weighted by Crippen LogP contribution is -2.49. The number of hydrogen-bond donors (Lipinski definition) is 5. The van der Waals surface area contributed by atoms with E-state index in [-0.39, 0.29) is 11.2 Å². The average Bonchev–Trinajstić information content (AvgIpc) is 2.34. The van der Waals surface area contributed by atoms with Crippen LogP contribution < -0.4 is 22.1 Å². The molecule has 6 N–H and O–H groups in total. The Morgan fingerprint density at radius 3 is 2.52 bits per heavy atom. The minimum Gasteiger partial charge on any atom is -0.316 e. The summed E-state index contributed by atoms with van der Waals surface area (Å²) in [7, 11) is -1.40.